The van der Waals surface area contributed by atoms with Crippen molar-refractivity contribution in [1.29, 1.82) is 0 Å². The molecular weight excluding hydrogens is 258 g/mol. The highest BCUT2D eigenvalue weighted by Crippen LogP contribution is 2.09. The number of hydrogen-bond acceptors (Lipinski definition) is 4. The molecule has 0 bridgehead atoms. The summed E-state index contributed by atoms with van der Waals surface area (Å²) in [6.45, 7) is 1.57. The fourth-order valence-corrected chi connectivity index (χ4v) is 2.11. The molecule has 2 N–H and O–H groups in total. The summed E-state index contributed by atoms with van der Waals surface area (Å²) >= 11 is 0. The maximum Gasteiger partial charge on any atom is 0.407 e. The Balaban J connectivity index is 1.82. The third-order valence-electron chi connectivity index (χ3n) is 3.17. The molecule has 0 aromatic heterocycles. The molecule has 1 fully saturated rings. The van der Waals surface area contributed by atoms with Crippen LogP contribution in [0.4, 0.5) is 4.79 Å². The number of piperidine rings is 1. The van der Waals surface area contributed by atoms with E-state index in [0.29, 0.717) is 13.0 Å². The Morgan fingerprint density at radius 1 is 1.50 bits per heavy atom. The largest absolute Gasteiger partial charge is 0.445 e. The normalized spacial score (nSPS) is 21.6. The topological polar surface area (TPSA) is 99.1 Å². The molecule has 20 heavy (non-hydrogen) atoms. The lowest BCUT2D eigenvalue weighted by Crippen LogP contribution is -2.51. The van der Waals surface area contributed by atoms with Crippen molar-refractivity contribution in [2.24, 2.45) is 5.11 Å². The summed E-state index contributed by atoms with van der Waals surface area (Å²) in [6.07, 6.45) is 0.225. The van der Waals surface area contributed by atoms with E-state index in [0.717, 1.165) is 12.1 Å². The SMILES string of the molecule is [N-]=[N+]=N[C@@H]1CNCC[C@@H]1NC(=O)OCc1ccccc1. The molecular formula is C13H17N5O2. The lowest BCUT2D eigenvalue weighted by molar-refractivity contribution is 0.132. The van der Waals surface area contributed by atoms with Crippen LogP contribution in [0.1, 0.15) is 12.0 Å². The van der Waals surface area contributed by atoms with Crippen LogP contribution in [0.5, 0.6) is 0 Å². The number of nitrogens with one attached hydrogen (secondary N) is 2. The highest BCUT2D eigenvalue weighted by Gasteiger charge is 2.25. The van der Waals surface area contributed by atoms with E-state index in [2.05, 4.69) is 20.7 Å². The summed E-state index contributed by atoms with van der Waals surface area (Å²) in [5.41, 5.74) is 9.44. The maximum absolute atomic E-state index is 11.7. The van der Waals surface area contributed by atoms with Crippen molar-refractivity contribution in [3.63, 3.8) is 0 Å². The van der Waals surface area contributed by atoms with Crippen LogP contribution in [0.2, 0.25) is 0 Å². The molecule has 1 amide bonds. The zero-order chi connectivity index (χ0) is 14.2. The summed E-state index contributed by atoms with van der Waals surface area (Å²) in [4.78, 5) is 14.5. The lowest BCUT2D eigenvalue weighted by Gasteiger charge is -2.29. The quantitative estimate of drug-likeness (QED) is 0.499. The second kappa shape index (κ2) is 7.37. The molecule has 106 valence electrons. The molecule has 1 aliphatic heterocycles. The molecule has 0 radical (unpaired) electrons. The molecule has 1 aliphatic rings. The van der Waals surface area contributed by atoms with Gasteiger partial charge in [-0.05, 0) is 24.1 Å². The predicted octanol–water partition coefficient (Wildman–Crippen LogP) is 1.95. The number of hydrogen-bond donors (Lipinski definition) is 2. The number of benzene rings is 1. The Labute approximate surface area is 116 Å². The van der Waals surface area contributed by atoms with Gasteiger partial charge in [0, 0.05) is 17.5 Å². The molecule has 1 saturated heterocycles. The first-order chi connectivity index (χ1) is 9.79. The Morgan fingerprint density at radius 2 is 2.30 bits per heavy atom. The minimum Gasteiger partial charge on any atom is -0.445 e. The van der Waals surface area contributed by atoms with Crippen LogP contribution in [0, 0.1) is 0 Å². The third kappa shape index (κ3) is 4.15. The molecule has 0 saturated carbocycles. The van der Waals surface area contributed by atoms with Gasteiger partial charge in [0.15, 0.2) is 0 Å². The van der Waals surface area contributed by atoms with Gasteiger partial charge in [-0.15, -0.1) is 0 Å². The number of amides is 1. The van der Waals surface area contributed by atoms with Crippen molar-refractivity contribution in [3.8, 4) is 0 Å². The van der Waals surface area contributed by atoms with Crippen LogP contribution in [0.3, 0.4) is 0 Å². The first kappa shape index (κ1) is 14.2. The van der Waals surface area contributed by atoms with Gasteiger partial charge < -0.3 is 15.4 Å². The van der Waals surface area contributed by atoms with E-state index in [9.17, 15) is 4.79 Å². The number of nitrogens with zero attached hydrogens (tertiary/aromatic N) is 3. The van der Waals surface area contributed by atoms with Gasteiger partial charge >= 0.3 is 6.09 Å². The second-order valence-corrected chi connectivity index (χ2v) is 4.58. The minimum absolute atomic E-state index is 0.185. The zero-order valence-corrected chi connectivity index (χ0v) is 11.0. The van der Waals surface area contributed by atoms with Crippen molar-refractivity contribution in [1.82, 2.24) is 10.6 Å². The first-order valence-electron chi connectivity index (χ1n) is 6.51. The summed E-state index contributed by atoms with van der Waals surface area (Å²) in [7, 11) is 0. The highest BCUT2D eigenvalue weighted by atomic mass is 16.5. The number of alkyl carbamates (subject to hydrolysis) is 1. The fourth-order valence-electron chi connectivity index (χ4n) is 2.11. The molecule has 0 unspecified atom stereocenters. The smallest absolute Gasteiger partial charge is 0.407 e. The summed E-state index contributed by atoms with van der Waals surface area (Å²) < 4.78 is 5.15. The van der Waals surface area contributed by atoms with Gasteiger partial charge in [0.2, 0.25) is 0 Å². The van der Waals surface area contributed by atoms with Crippen molar-refractivity contribution < 1.29 is 9.53 Å². The van der Waals surface area contributed by atoms with Crippen molar-refractivity contribution in [2.45, 2.75) is 25.1 Å². The fraction of sp³-hybridized carbons (Fsp3) is 0.462. The summed E-state index contributed by atoms with van der Waals surface area (Å²) in [5.74, 6) is 0. The highest BCUT2D eigenvalue weighted by molar-refractivity contribution is 5.67. The van der Waals surface area contributed by atoms with E-state index in [4.69, 9.17) is 10.3 Å². The van der Waals surface area contributed by atoms with Gasteiger partial charge in [-0.25, -0.2) is 4.79 Å². The number of carbonyl (C=O) groups is 1. The van der Waals surface area contributed by atoms with E-state index in [1.807, 2.05) is 30.3 Å². The minimum atomic E-state index is -0.487. The molecule has 2 rings (SSSR count). The van der Waals surface area contributed by atoms with E-state index < -0.39 is 6.09 Å². The molecule has 0 aliphatic carbocycles. The van der Waals surface area contributed by atoms with Gasteiger partial charge in [-0.1, -0.05) is 35.4 Å². The molecule has 1 heterocycles. The average Bonchev–Trinajstić information content (AvgIpc) is 2.49. The summed E-state index contributed by atoms with van der Waals surface area (Å²) in [6, 6.07) is 9.00. The predicted molar refractivity (Wildman–Crippen MR) is 74.0 cm³/mol. The second-order valence-electron chi connectivity index (χ2n) is 4.58. The number of rotatable bonds is 4. The zero-order valence-electron chi connectivity index (χ0n) is 11.0. The molecule has 1 aromatic rings. The Morgan fingerprint density at radius 3 is 3.05 bits per heavy atom. The maximum atomic E-state index is 11.7. The van der Waals surface area contributed by atoms with E-state index >= 15 is 0 Å². The van der Waals surface area contributed by atoms with Gasteiger partial charge in [-0.3, -0.25) is 0 Å². The van der Waals surface area contributed by atoms with Crippen LogP contribution in [-0.2, 0) is 11.3 Å². The van der Waals surface area contributed by atoms with E-state index in [1.165, 1.54) is 0 Å². The Hall–Kier alpha value is -2.24. The monoisotopic (exact) mass is 275 g/mol. The number of azide groups is 1. The number of ether oxygens (including phenoxy) is 1. The third-order valence-corrected chi connectivity index (χ3v) is 3.17. The molecule has 2 atom stereocenters. The molecule has 1 aromatic carbocycles. The van der Waals surface area contributed by atoms with Crippen molar-refractivity contribution in [3.05, 3.63) is 46.3 Å². The number of carbonyl (C=O) groups excluding carboxylic acids is 1. The molecule has 0 spiro atoms. The first-order valence-corrected chi connectivity index (χ1v) is 6.51. The molecule has 7 heteroatoms. The van der Waals surface area contributed by atoms with Crippen molar-refractivity contribution in [2.75, 3.05) is 13.1 Å². The van der Waals surface area contributed by atoms with Crippen LogP contribution in [0.25, 0.3) is 10.4 Å². The van der Waals surface area contributed by atoms with Gasteiger partial charge in [0.1, 0.15) is 6.61 Å². The van der Waals surface area contributed by atoms with Gasteiger partial charge in [0.25, 0.3) is 0 Å². The van der Waals surface area contributed by atoms with Crippen LogP contribution in [0.15, 0.2) is 35.4 Å². The average molecular weight is 275 g/mol. The van der Waals surface area contributed by atoms with Gasteiger partial charge in [-0.2, -0.15) is 0 Å². The van der Waals surface area contributed by atoms with Gasteiger partial charge in [0.05, 0.1) is 6.04 Å². The standard InChI is InChI=1S/C13H17N5O2/c14-18-17-12-8-15-7-6-11(12)16-13(19)20-9-10-4-2-1-3-5-10/h1-5,11-12,15H,6-9H2,(H,16,19)/t11-,12+/m0/s1. The lowest BCUT2D eigenvalue weighted by atomic mass is 10.0. The summed E-state index contributed by atoms with van der Waals surface area (Å²) in [5, 5.41) is 9.57. The van der Waals surface area contributed by atoms with Crippen LogP contribution >= 0.6 is 0 Å². The van der Waals surface area contributed by atoms with Crippen LogP contribution in [-0.4, -0.2) is 31.3 Å². The van der Waals surface area contributed by atoms with E-state index in [1.54, 1.807) is 0 Å². The Bertz CT molecular complexity index is 487. The van der Waals surface area contributed by atoms with Crippen molar-refractivity contribution >= 4 is 6.09 Å². The Kier molecular flexibility index (Phi) is 5.23. The van der Waals surface area contributed by atoms with E-state index in [-0.39, 0.29) is 18.7 Å². The van der Waals surface area contributed by atoms with Crippen LogP contribution < -0.4 is 10.6 Å². The molecule has 7 nitrogen and oxygen atoms in total.